The largest absolute Gasteiger partial charge is 0.482 e. The number of rotatable bonds is 4. The number of carbonyl (C=O) groups excluding carboxylic acids is 2. The van der Waals surface area contributed by atoms with Crippen LogP contribution in [-0.2, 0) is 14.3 Å². The zero-order chi connectivity index (χ0) is 20.9. The van der Waals surface area contributed by atoms with Gasteiger partial charge in [0.1, 0.15) is 12.6 Å². The molecule has 1 aliphatic heterocycles. The van der Waals surface area contributed by atoms with Crippen LogP contribution in [0.15, 0.2) is 34.5 Å². The monoisotopic (exact) mass is 474 g/mol. The Morgan fingerprint density at radius 1 is 1.07 bits per heavy atom. The molecule has 0 aromatic heterocycles. The molecule has 2 unspecified atom stereocenters. The second-order valence-electron chi connectivity index (χ2n) is 8.73. The third-order valence-corrected chi connectivity index (χ3v) is 7.27. The Bertz CT molecular complexity index is 801. The molecule has 1 aromatic rings. The van der Waals surface area contributed by atoms with Crippen molar-refractivity contribution in [1.82, 2.24) is 10.2 Å². The smallest absolute Gasteiger partial charge is 0.289 e. The number of nitrogens with one attached hydrogen (secondary N) is 1. The first-order valence-corrected chi connectivity index (χ1v) is 12.1. The van der Waals surface area contributed by atoms with E-state index in [1.165, 1.54) is 25.7 Å². The first-order valence-electron chi connectivity index (χ1n) is 11.3. The molecule has 5 nitrogen and oxygen atoms in total. The molecule has 2 aliphatic carbocycles. The number of ether oxygens (including phenoxy) is 1. The molecular weight excluding hydrogens is 444 g/mol. The quantitative estimate of drug-likeness (QED) is 0.503. The molecule has 0 bridgehead atoms. The Balaban J connectivity index is 1.51. The van der Waals surface area contributed by atoms with Crippen LogP contribution in [0.25, 0.3) is 6.08 Å². The molecule has 3 aliphatic rings. The molecule has 0 spiro atoms. The minimum atomic E-state index is -0.176. The Kier molecular flexibility index (Phi) is 7.13. The number of nitrogens with zero attached hydrogens (tertiary/aromatic N) is 1. The van der Waals surface area contributed by atoms with E-state index in [0.717, 1.165) is 48.6 Å². The lowest BCUT2D eigenvalue weighted by molar-refractivity contribution is -0.152. The maximum Gasteiger partial charge on any atom is 0.289 e. The van der Waals surface area contributed by atoms with E-state index >= 15 is 0 Å². The van der Waals surface area contributed by atoms with Crippen LogP contribution >= 0.6 is 15.9 Å². The van der Waals surface area contributed by atoms with Gasteiger partial charge in [0.15, 0.2) is 5.76 Å². The molecule has 1 N–H and O–H groups in total. The normalized spacial score (nSPS) is 26.6. The van der Waals surface area contributed by atoms with Crippen LogP contribution in [0, 0.1) is 0 Å². The Morgan fingerprint density at radius 2 is 1.77 bits per heavy atom. The lowest BCUT2D eigenvalue weighted by Crippen LogP contribution is -2.57. The van der Waals surface area contributed by atoms with Gasteiger partial charge in [0.25, 0.3) is 5.91 Å². The highest BCUT2D eigenvalue weighted by Gasteiger charge is 2.42. The van der Waals surface area contributed by atoms with Crippen molar-refractivity contribution in [2.24, 2.45) is 0 Å². The summed E-state index contributed by atoms with van der Waals surface area (Å²) in [6.45, 7) is 0.118. The second kappa shape index (κ2) is 9.99. The standard InChI is InChI=1S/C24H31BrN2O3/c25-19-12-6-5-9-17(19)15-22-24(29)27(20-13-7-8-14-21(20)30-22)16-23(28)26-18-10-3-1-2-4-11-18/h5-6,9,12,15,18,20-21H,1-4,7-8,10-11,13-14,16H2,(H,26,28)/b22-15+. The highest BCUT2D eigenvalue weighted by molar-refractivity contribution is 9.10. The SMILES string of the molecule is O=C(CN1C(=O)/C(=C\c2ccccc2Br)OC2CCCCC21)NC1CCCCCC1. The molecule has 1 heterocycles. The number of hydrogen-bond acceptors (Lipinski definition) is 3. The zero-order valence-corrected chi connectivity index (χ0v) is 19.0. The number of halogens is 1. The molecule has 0 radical (unpaired) electrons. The van der Waals surface area contributed by atoms with Crippen molar-refractivity contribution in [3.05, 3.63) is 40.1 Å². The molecular formula is C24H31BrN2O3. The molecule has 2 amide bonds. The summed E-state index contributed by atoms with van der Waals surface area (Å²) < 4.78 is 7.07. The van der Waals surface area contributed by atoms with Gasteiger partial charge in [0.2, 0.25) is 5.91 Å². The third kappa shape index (κ3) is 5.08. The fourth-order valence-corrected chi connectivity index (χ4v) is 5.35. The number of benzene rings is 1. The van der Waals surface area contributed by atoms with E-state index in [9.17, 15) is 9.59 Å². The molecule has 162 valence electrons. The van der Waals surface area contributed by atoms with Gasteiger partial charge >= 0.3 is 0 Å². The van der Waals surface area contributed by atoms with E-state index in [0.29, 0.717) is 5.76 Å². The fraction of sp³-hybridized carbons (Fsp3) is 0.583. The van der Waals surface area contributed by atoms with E-state index in [-0.39, 0.29) is 36.5 Å². The Labute approximate surface area is 187 Å². The van der Waals surface area contributed by atoms with Crippen LogP contribution in [-0.4, -0.2) is 41.4 Å². The summed E-state index contributed by atoms with van der Waals surface area (Å²) in [6, 6.07) is 8.00. The zero-order valence-electron chi connectivity index (χ0n) is 17.4. The Hall–Kier alpha value is -1.82. The van der Waals surface area contributed by atoms with Gasteiger partial charge in [-0.2, -0.15) is 0 Å². The average molecular weight is 475 g/mol. The number of hydrogen-bond donors (Lipinski definition) is 1. The highest BCUT2D eigenvalue weighted by atomic mass is 79.9. The van der Waals surface area contributed by atoms with Crippen LogP contribution in [0.5, 0.6) is 0 Å². The van der Waals surface area contributed by atoms with Crippen molar-refractivity contribution in [2.75, 3.05) is 6.54 Å². The van der Waals surface area contributed by atoms with Gasteiger partial charge in [0.05, 0.1) is 6.04 Å². The highest BCUT2D eigenvalue weighted by Crippen LogP contribution is 2.34. The third-order valence-electron chi connectivity index (χ3n) is 6.54. The predicted octanol–water partition coefficient (Wildman–Crippen LogP) is 4.80. The topological polar surface area (TPSA) is 58.6 Å². The summed E-state index contributed by atoms with van der Waals surface area (Å²) in [7, 11) is 0. The van der Waals surface area contributed by atoms with Crippen LogP contribution in [0.3, 0.4) is 0 Å². The maximum atomic E-state index is 13.3. The number of morpholine rings is 1. The van der Waals surface area contributed by atoms with Crippen LogP contribution in [0.2, 0.25) is 0 Å². The number of amides is 2. The van der Waals surface area contributed by atoms with E-state index < -0.39 is 0 Å². The predicted molar refractivity (Wildman–Crippen MR) is 121 cm³/mol. The van der Waals surface area contributed by atoms with Gasteiger partial charge in [-0.3, -0.25) is 9.59 Å². The van der Waals surface area contributed by atoms with Crippen molar-refractivity contribution in [1.29, 1.82) is 0 Å². The molecule has 1 saturated heterocycles. The van der Waals surface area contributed by atoms with Crippen molar-refractivity contribution in [3.63, 3.8) is 0 Å². The van der Waals surface area contributed by atoms with Gasteiger partial charge in [-0.1, -0.05) is 66.2 Å². The molecule has 6 heteroatoms. The van der Waals surface area contributed by atoms with Crippen LogP contribution in [0.1, 0.15) is 69.8 Å². The average Bonchev–Trinajstić information content (AvgIpc) is 3.01. The van der Waals surface area contributed by atoms with E-state index in [2.05, 4.69) is 21.2 Å². The lowest BCUT2D eigenvalue weighted by Gasteiger charge is -2.44. The summed E-state index contributed by atoms with van der Waals surface area (Å²) in [5, 5.41) is 3.20. The summed E-state index contributed by atoms with van der Waals surface area (Å²) in [5.74, 6) is 0.124. The maximum absolute atomic E-state index is 13.3. The fourth-order valence-electron chi connectivity index (χ4n) is 4.95. The van der Waals surface area contributed by atoms with Gasteiger partial charge in [-0.25, -0.2) is 0 Å². The van der Waals surface area contributed by atoms with Crippen LogP contribution in [0.4, 0.5) is 0 Å². The molecule has 4 rings (SSSR count). The second-order valence-corrected chi connectivity index (χ2v) is 9.58. The summed E-state index contributed by atoms with van der Waals surface area (Å²) >= 11 is 3.54. The van der Waals surface area contributed by atoms with Gasteiger partial charge < -0.3 is 15.0 Å². The van der Waals surface area contributed by atoms with E-state index in [1.54, 1.807) is 11.0 Å². The van der Waals surface area contributed by atoms with E-state index in [4.69, 9.17) is 4.74 Å². The lowest BCUT2D eigenvalue weighted by atomic mass is 9.89. The minimum absolute atomic E-state index is 0.0116. The minimum Gasteiger partial charge on any atom is -0.482 e. The van der Waals surface area contributed by atoms with Crippen molar-refractivity contribution in [2.45, 2.75) is 82.4 Å². The first-order chi connectivity index (χ1) is 14.6. The number of fused-ring (bicyclic) bond motifs is 1. The molecule has 1 aromatic carbocycles. The van der Waals surface area contributed by atoms with Crippen molar-refractivity contribution in [3.8, 4) is 0 Å². The summed E-state index contributed by atoms with van der Waals surface area (Å²) in [4.78, 5) is 27.9. The molecule has 3 fully saturated rings. The summed E-state index contributed by atoms with van der Waals surface area (Å²) in [6.07, 6.45) is 12.7. The van der Waals surface area contributed by atoms with Gasteiger partial charge in [-0.05, 0) is 49.8 Å². The molecule has 30 heavy (non-hydrogen) atoms. The van der Waals surface area contributed by atoms with E-state index in [1.807, 2.05) is 24.3 Å². The van der Waals surface area contributed by atoms with Crippen molar-refractivity contribution < 1.29 is 14.3 Å². The van der Waals surface area contributed by atoms with Crippen molar-refractivity contribution >= 4 is 33.8 Å². The van der Waals surface area contributed by atoms with Gasteiger partial charge in [-0.15, -0.1) is 0 Å². The van der Waals surface area contributed by atoms with Gasteiger partial charge in [0, 0.05) is 10.5 Å². The molecule has 2 saturated carbocycles. The Morgan fingerprint density at radius 3 is 2.53 bits per heavy atom. The number of carbonyl (C=O) groups is 2. The van der Waals surface area contributed by atoms with Crippen LogP contribution < -0.4 is 5.32 Å². The first kappa shape index (κ1) is 21.4. The molecule has 2 atom stereocenters. The summed E-state index contributed by atoms with van der Waals surface area (Å²) in [5.41, 5.74) is 0.901.